The lowest BCUT2D eigenvalue weighted by Gasteiger charge is -2.17. The van der Waals surface area contributed by atoms with Crippen LogP contribution in [0.4, 0.5) is 0 Å². The van der Waals surface area contributed by atoms with E-state index in [0.717, 1.165) is 23.4 Å². The molecule has 0 unspecified atom stereocenters. The van der Waals surface area contributed by atoms with Gasteiger partial charge in [0.15, 0.2) is 0 Å². The molecular weight excluding hydrogens is 364 g/mol. The number of thiazole rings is 1. The Balaban J connectivity index is 2.19. The van der Waals surface area contributed by atoms with Crippen LogP contribution in [0.25, 0.3) is 0 Å². The lowest BCUT2D eigenvalue weighted by molar-refractivity contribution is 0.562. The molecule has 0 amide bonds. The fourth-order valence-corrected chi connectivity index (χ4v) is 5.88. The molecule has 1 aliphatic rings. The summed E-state index contributed by atoms with van der Waals surface area (Å²) in [4.78, 5) is 2.10. The van der Waals surface area contributed by atoms with Crippen LogP contribution in [0.2, 0.25) is 0 Å². The summed E-state index contributed by atoms with van der Waals surface area (Å²) in [6.07, 6.45) is 2.44. The van der Waals surface area contributed by atoms with Gasteiger partial charge in [-0.2, -0.15) is 8.42 Å². The van der Waals surface area contributed by atoms with Crippen molar-refractivity contribution in [3.63, 3.8) is 0 Å². The topological polar surface area (TPSA) is 51.4 Å². The number of nitrogens with zero attached hydrogens (tertiary/aromatic N) is 2. The number of aryl methyl sites for hydroxylation is 2. The van der Waals surface area contributed by atoms with Crippen molar-refractivity contribution in [2.24, 2.45) is 10.3 Å². The van der Waals surface area contributed by atoms with E-state index in [2.05, 4.69) is 36.7 Å². The van der Waals surface area contributed by atoms with E-state index in [-0.39, 0.29) is 5.41 Å². The molecule has 0 spiro atoms. The molecule has 26 heavy (non-hydrogen) atoms. The first kappa shape index (κ1) is 19.4. The Morgan fingerprint density at radius 2 is 1.85 bits per heavy atom. The Hall–Kier alpha value is -1.40. The molecule has 1 aliphatic carbocycles. The van der Waals surface area contributed by atoms with Gasteiger partial charge in [0.25, 0.3) is 10.0 Å². The van der Waals surface area contributed by atoms with Crippen LogP contribution >= 0.6 is 11.3 Å². The van der Waals surface area contributed by atoms with Gasteiger partial charge in [0.2, 0.25) is 4.80 Å². The van der Waals surface area contributed by atoms with Gasteiger partial charge < -0.3 is 4.57 Å². The molecule has 0 radical (unpaired) electrons. The quantitative estimate of drug-likeness (QED) is 0.771. The molecule has 0 saturated heterocycles. The zero-order valence-corrected chi connectivity index (χ0v) is 18.1. The summed E-state index contributed by atoms with van der Waals surface area (Å²) in [6, 6.07) is 5.48. The highest BCUT2D eigenvalue weighted by Crippen LogP contribution is 2.33. The fourth-order valence-electron chi connectivity index (χ4n) is 3.16. The number of benzene rings is 1. The first-order valence-electron chi connectivity index (χ1n) is 9.08. The van der Waals surface area contributed by atoms with Crippen LogP contribution in [-0.4, -0.2) is 13.0 Å². The Morgan fingerprint density at radius 1 is 1.19 bits per heavy atom. The first-order valence-corrected chi connectivity index (χ1v) is 11.3. The van der Waals surface area contributed by atoms with Crippen LogP contribution in [-0.2, 0) is 22.0 Å². The zero-order valence-electron chi connectivity index (χ0n) is 16.5. The van der Waals surface area contributed by atoms with Gasteiger partial charge in [0.05, 0.1) is 4.90 Å². The molecule has 1 fully saturated rings. The van der Waals surface area contributed by atoms with Gasteiger partial charge in [-0.25, -0.2) is 0 Å². The Bertz CT molecular complexity index is 1000. The molecule has 0 aliphatic heterocycles. The standard InChI is InChI=1S/C20H28N2O2S2/c1-13-7-8-14(2)17(11-13)26(23,24)21-19-22(12-16-9-10-16)15(3)18(25-19)20(4,5)6/h7-8,11,16H,9-10,12H2,1-6H3. The van der Waals surface area contributed by atoms with E-state index in [0.29, 0.717) is 15.6 Å². The van der Waals surface area contributed by atoms with Crippen LogP contribution in [0.5, 0.6) is 0 Å². The van der Waals surface area contributed by atoms with E-state index >= 15 is 0 Å². The molecule has 4 nitrogen and oxygen atoms in total. The summed E-state index contributed by atoms with van der Waals surface area (Å²) in [5.74, 6) is 0.651. The summed E-state index contributed by atoms with van der Waals surface area (Å²) in [5, 5.41) is 0. The summed E-state index contributed by atoms with van der Waals surface area (Å²) in [7, 11) is -3.74. The van der Waals surface area contributed by atoms with Crippen molar-refractivity contribution in [2.45, 2.75) is 71.2 Å². The second kappa shape index (κ2) is 6.64. The lowest BCUT2D eigenvalue weighted by atomic mass is 9.93. The minimum absolute atomic E-state index is 0.0309. The van der Waals surface area contributed by atoms with E-state index in [9.17, 15) is 8.42 Å². The zero-order chi connectivity index (χ0) is 19.3. The van der Waals surface area contributed by atoms with Gasteiger partial charge in [-0.3, -0.25) is 0 Å². The van der Waals surface area contributed by atoms with Crippen molar-refractivity contribution in [1.82, 2.24) is 4.57 Å². The predicted octanol–water partition coefficient (Wildman–Crippen LogP) is 4.47. The van der Waals surface area contributed by atoms with Crippen LogP contribution in [0.3, 0.4) is 0 Å². The monoisotopic (exact) mass is 392 g/mol. The molecule has 0 N–H and O–H groups in total. The first-order chi connectivity index (χ1) is 12.0. The summed E-state index contributed by atoms with van der Waals surface area (Å²) in [6.45, 7) is 13.2. The largest absolute Gasteiger partial charge is 0.320 e. The van der Waals surface area contributed by atoms with Crippen LogP contribution < -0.4 is 4.80 Å². The Labute approximate surface area is 160 Å². The summed E-state index contributed by atoms with van der Waals surface area (Å²) >= 11 is 1.51. The predicted molar refractivity (Wildman–Crippen MR) is 107 cm³/mol. The van der Waals surface area contributed by atoms with Gasteiger partial charge in [-0.1, -0.05) is 32.9 Å². The third kappa shape index (κ3) is 3.96. The van der Waals surface area contributed by atoms with Crippen LogP contribution in [0.15, 0.2) is 27.5 Å². The molecule has 2 aromatic rings. The van der Waals surface area contributed by atoms with Crippen molar-refractivity contribution < 1.29 is 8.42 Å². The SMILES string of the molecule is Cc1ccc(C)c(S(=O)(=O)N=c2sc(C(C)(C)C)c(C)n2CC2CC2)c1. The minimum Gasteiger partial charge on any atom is -0.320 e. The average molecular weight is 393 g/mol. The summed E-state index contributed by atoms with van der Waals surface area (Å²) in [5.41, 5.74) is 2.77. The number of hydrogen-bond acceptors (Lipinski definition) is 3. The van der Waals surface area contributed by atoms with Gasteiger partial charge in [0.1, 0.15) is 0 Å². The smallest absolute Gasteiger partial charge is 0.285 e. The van der Waals surface area contributed by atoms with E-state index in [1.54, 1.807) is 6.07 Å². The van der Waals surface area contributed by atoms with Crippen molar-refractivity contribution in [3.8, 4) is 0 Å². The second-order valence-electron chi connectivity index (χ2n) is 8.44. The molecule has 0 atom stereocenters. The highest BCUT2D eigenvalue weighted by atomic mass is 32.2. The van der Waals surface area contributed by atoms with Crippen molar-refractivity contribution >= 4 is 21.4 Å². The van der Waals surface area contributed by atoms with Crippen molar-refractivity contribution in [1.29, 1.82) is 0 Å². The number of rotatable bonds is 4. The Kier molecular flexibility index (Phi) is 4.95. The van der Waals surface area contributed by atoms with Crippen LogP contribution in [0.1, 0.15) is 55.3 Å². The second-order valence-corrected chi connectivity index (χ2v) is 11.0. The number of aromatic nitrogens is 1. The normalized spacial score (nSPS) is 16.3. The highest BCUT2D eigenvalue weighted by molar-refractivity contribution is 7.90. The molecule has 1 aromatic heterocycles. The molecule has 6 heteroatoms. The van der Waals surface area contributed by atoms with E-state index in [4.69, 9.17) is 0 Å². The maximum atomic E-state index is 13.0. The maximum absolute atomic E-state index is 13.0. The molecule has 1 saturated carbocycles. The molecular formula is C20H28N2O2S2. The van der Waals surface area contributed by atoms with Gasteiger partial charge in [-0.05, 0) is 62.1 Å². The van der Waals surface area contributed by atoms with Gasteiger partial charge >= 0.3 is 0 Å². The Morgan fingerprint density at radius 3 is 2.42 bits per heavy atom. The third-order valence-electron chi connectivity index (χ3n) is 4.80. The molecule has 142 valence electrons. The minimum atomic E-state index is -3.74. The average Bonchev–Trinajstić information content (AvgIpc) is 3.28. The third-order valence-corrected chi connectivity index (χ3v) is 7.93. The van der Waals surface area contributed by atoms with Gasteiger partial charge in [0, 0.05) is 17.1 Å². The molecule has 3 rings (SSSR count). The fraction of sp³-hybridized carbons (Fsp3) is 0.550. The summed E-state index contributed by atoms with van der Waals surface area (Å²) < 4.78 is 32.5. The number of hydrogen-bond donors (Lipinski definition) is 0. The van der Waals surface area contributed by atoms with E-state index in [1.807, 2.05) is 26.0 Å². The van der Waals surface area contributed by atoms with E-state index < -0.39 is 10.0 Å². The van der Waals surface area contributed by atoms with Crippen molar-refractivity contribution in [2.75, 3.05) is 0 Å². The highest BCUT2D eigenvalue weighted by Gasteiger charge is 2.27. The molecule has 0 bridgehead atoms. The molecule has 1 aromatic carbocycles. The van der Waals surface area contributed by atoms with Crippen LogP contribution in [0, 0.1) is 26.7 Å². The lowest BCUT2D eigenvalue weighted by Crippen LogP contribution is -2.20. The van der Waals surface area contributed by atoms with E-state index in [1.165, 1.54) is 29.1 Å². The van der Waals surface area contributed by atoms with Gasteiger partial charge in [-0.15, -0.1) is 15.7 Å². The molecule has 1 heterocycles. The maximum Gasteiger partial charge on any atom is 0.285 e. The number of sulfonamides is 1. The van der Waals surface area contributed by atoms with Crippen molar-refractivity contribution in [3.05, 3.63) is 44.7 Å².